The molecular formula is C22H25F4N3O2. The van der Waals surface area contributed by atoms with Gasteiger partial charge in [-0.25, -0.2) is 4.39 Å². The number of halogens is 4. The maximum Gasteiger partial charge on any atom is 0.418 e. The summed E-state index contributed by atoms with van der Waals surface area (Å²) in [5.74, 6) is -0.410. The van der Waals surface area contributed by atoms with Gasteiger partial charge in [-0.05, 0) is 42.5 Å². The Morgan fingerprint density at radius 3 is 2.23 bits per heavy atom. The average Bonchev–Trinajstić information content (AvgIpc) is 2.72. The standard InChI is InChI=1S/C22H25F4N3O2/c23-16-1-3-17(4-2-16)28-18-5-6-20(19(11-18)22(24,25)26)27-12-21(14-31-15-21)13-29-7-9-30-10-8-29/h1-6,11,27-28H,7-10,12-15H2. The molecule has 2 aliphatic rings. The summed E-state index contributed by atoms with van der Waals surface area (Å²) in [5, 5.41) is 5.90. The Kier molecular flexibility index (Phi) is 6.36. The molecule has 0 spiro atoms. The maximum atomic E-state index is 13.7. The van der Waals surface area contributed by atoms with Crippen molar-refractivity contribution in [2.45, 2.75) is 6.18 Å². The first-order chi connectivity index (χ1) is 14.8. The molecule has 0 bridgehead atoms. The number of alkyl halides is 3. The minimum Gasteiger partial charge on any atom is -0.384 e. The van der Waals surface area contributed by atoms with E-state index in [1.807, 2.05) is 0 Å². The molecule has 0 amide bonds. The Morgan fingerprint density at radius 2 is 1.61 bits per heavy atom. The number of ether oxygens (including phenoxy) is 2. The fourth-order valence-corrected chi connectivity index (χ4v) is 3.87. The van der Waals surface area contributed by atoms with Crippen molar-refractivity contribution in [1.29, 1.82) is 0 Å². The Hall–Kier alpha value is -2.36. The molecule has 4 rings (SSSR count). The molecule has 0 aromatic heterocycles. The van der Waals surface area contributed by atoms with Crippen LogP contribution in [0.5, 0.6) is 0 Å². The van der Waals surface area contributed by atoms with E-state index in [1.165, 1.54) is 30.3 Å². The van der Waals surface area contributed by atoms with Gasteiger partial charge in [0.1, 0.15) is 5.82 Å². The van der Waals surface area contributed by atoms with E-state index in [9.17, 15) is 17.6 Å². The fraction of sp³-hybridized carbons (Fsp3) is 0.455. The van der Waals surface area contributed by atoms with Gasteiger partial charge in [-0.1, -0.05) is 0 Å². The topological polar surface area (TPSA) is 45.8 Å². The van der Waals surface area contributed by atoms with E-state index >= 15 is 0 Å². The van der Waals surface area contributed by atoms with Crippen molar-refractivity contribution in [3.8, 4) is 0 Å². The van der Waals surface area contributed by atoms with Crippen molar-refractivity contribution >= 4 is 17.1 Å². The van der Waals surface area contributed by atoms with E-state index in [4.69, 9.17) is 9.47 Å². The summed E-state index contributed by atoms with van der Waals surface area (Å²) in [7, 11) is 0. The first kappa shape index (κ1) is 21.9. The van der Waals surface area contributed by atoms with Crippen molar-refractivity contribution in [3.63, 3.8) is 0 Å². The molecule has 2 aromatic rings. The SMILES string of the molecule is Fc1ccc(Nc2ccc(NCC3(CN4CCOCC4)COC3)c(C(F)(F)F)c2)cc1. The second kappa shape index (κ2) is 9.02. The molecule has 2 saturated heterocycles. The summed E-state index contributed by atoms with van der Waals surface area (Å²) in [6.45, 7) is 5.16. The van der Waals surface area contributed by atoms with E-state index in [2.05, 4.69) is 15.5 Å². The van der Waals surface area contributed by atoms with Crippen LogP contribution in [0.1, 0.15) is 5.56 Å². The molecule has 5 nitrogen and oxygen atoms in total. The van der Waals surface area contributed by atoms with Gasteiger partial charge in [-0.3, -0.25) is 4.90 Å². The van der Waals surface area contributed by atoms with Gasteiger partial charge in [0.15, 0.2) is 0 Å². The van der Waals surface area contributed by atoms with Crippen molar-refractivity contribution in [2.24, 2.45) is 5.41 Å². The van der Waals surface area contributed by atoms with Crippen LogP contribution in [0.4, 0.5) is 34.6 Å². The van der Waals surface area contributed by atoms with Crippen LogP contribution in [0.2, 0.25) is 0 Å². The second-order valence-corrected chi connectivity index (χ2v) is 8.12. The Morgan fingerprint density at radius 1 is 0.935 bits per heavy atom. The Bertz CT molecular complexity index is 879. The first-order valence-electron chi connectivity index (χ1n) is 10.2. The van der Waals surface area contributed by atoms with Crippen molar-refractivity contribution in [1.82, 2.24) is 4.90 Å². The zero-order valence-electron chi connectivity index (χ0n) is 17.0. The van der Waals surface area contributed by atoms with Crippen LogP contribution in [-0.2, 0) is 15.7 Å². The molecule has 9 heteroatoms. The zero-order valence-corrected chi connectivity index (χ0v) is 17.0. The van der Waals surface area contributed by atoms with E-state index in [1.54, 1.807) is 6.07 Å². The third kappa shape index (κ3) is 5.47. The second-order valence-electron chi connectivity index (χ2n) is 8.12. The summed E-state index contributed by atoms with van der Waals surface area (Å²) in [4.78, 5) is 2.27. The average molecular weight is 439 g/mol. The summed E-state index contributed by atoms with van der Waals surface area (Å²) in [6.07, 6.45) is -4.52. The van der Waals surface area contributed by atoms with Crippen LogP contribution in [0.3, 0.4) is 0 Å². The molecule has 2 N–H and O–H groups in total. The smallest absolute Gasteiger partial charge is 0.384 e. The third-order valence-electron chi connectivity index (χ3n) is 5.59. The largest absolute Gasteiger partial charge is 0.418 e. The molecule has 0 unspecified atom stereocenters. The van der Waals surface area contributed by atoms with Crippen molar-refractivity contribution < 1.29 is 27.0 Å². The van der Waals surface area contributed by atoms with Gasteiger partial charge < -0.3 is 20.1 Å². The number of benzene rings is 2. The predicted octanol–water partition coefficient (Wildman–Crippen LogP) is 4.35. The lowest BCUT2D eigenvalue weighted by Crippen LogP contribution is -2.56. The minimum absolute atomic E-state index is 0.0328. The fourth-order valence-electron chi connectivity index (χ4n) is 3.87. The molecule has 2 aliphatic heterocycles. The summed E-state index contributed by atoms with van der Waals surface area (Å²) in [6, 6.07) is 9.51. The molecule has 2 heterocycles. The normalized spacial score (nSPS) is 19.0. The van der Waals surface area contributed by atoms with Crippen LogP contribution in [0.25, 0.3) is 0 Å². The van der Waals surface area contributed by atoms with E-state index in [0.717, 1.165) is 25.7 Å². The van der Waals surface area contributed by atoms with Gasteiger partial charge in [-0.2, -0.15) is 13.2 Å². The number of hydrogen-bond donors (Lipinski definition) is 2. The van der Waals surface area contributed by atoms with E-state index in [-0.39, 0.29) is 16.8 Å². The number of morpholine rings is 1. The van der Waals surface area contributed by atoms with Crippen LogP contribution >= 0.6 is 0 Å². The van der Waals surface area contributed by atoms with Crippen molar-refractivity contribution in [3.05, 3.63) is 53.8 Å². The van der Waals surface area contributed by atoms with Gasteiger partial charge in [0.25, 0.3) is 0 Å². The molecule has 0 atom stereocenters. The monoisotopic (exact) mass is 439 g/mol. The lowest BCUT2D eigenvalue weighted by Gasteiger charge is -2.45. The van der Waals surface area contributed by atoms with E-state index in [0.29, 0.717) is 38.7 Å². The molecule has 168 valence electrons. The minimum atomic E-state index is -4.52. The lowest BCUT2D eigenvalue weighted by molar-refractivity contribution is -0.137. The van der Waals surface area contributed by atoms with Gasteiger partial charge in [0, 0.05) is 48.7 Å². The van der Waals surface area contributed by atoms with E-state index < -0.39 is 17.6 Å². The zero-order chi connectivity index (χ0) is 21.9. The molecular weight excluding hydrogens is 414 g/mol. The predicted molar refractivity (Wildman–Crippen MR) is 110 cm³/mol. The molecule has 0 aliphatic carbocycles. The van der Waals surface area contributed by atoms with Crippen molar-refractivity contribution in [2.75, 3.05) is 63.2 Å². The third-order valence-corrected chi connectivity index (χ3v) is 5.59. The van der Waals surface area contributed by atoms with Gasteiger partial charge in [0.05, 0.1) is 32.0 Å². The highest BCUT2D eigenvalue weighted by molar-refractivity contribution is 5.66. The highest BCUT2D eigenvalue weighted by Gasteiger charge is 2.41. The number of hydrogen-bond acceptors (Lipinski definition) is 5. The molecule has 31 heavy (non-hydrogen) atoms. The highest BCUT2D eigenvalue weighted by atomic mass is 19.4. The number of rotatable bonds is 7. The lowest BCUT2D eigenvalue weighted by atomic mass is 9.84. The molecule has 2 fully saturated rings. The van der Waals surface area contributed by atoms with Gasteiger partial charge in [-0.15, -0.1) is 0 Å². The van der Waals surface area contributed by atoms with Crippen LogP contribution in [0, 0.1) is 11.2 Å². The Balaban J connectivity index is 1.47. The highest BCUT2D eigenvalue weighted by Crippen LogP contribution is 2.38. The number of nitrogens with one attached hydrogen (secondary N) is 2. The summed E-state index contributed by atoms with van der Waals surface area (Å²) >= 11 is 0. The number of nitrogens with zero attached hydrogens (tertiary/aromatic N) is 1. The van der Waals surface area contributed by atoms with Crippen LogP contribution < -0.4 is 10.6 Å². The van der Waals surface area contributed by atoms with Crippen LogP contribution in [0.15, 0.2) is 42.5 Å². The molecule has 2 aromatic carbocycles. The van der Waals surface area contributed by atoms with Crippen LogP contribution in [-0.4, -0.2) is 57.5 Å². The first-order valence-corrected chi connectivity index (χ1v) is 10.2. The van der Waals surface area contributed by atoms with Gasteiger partial charge >= 0.3 is 6.18 Å². The maximum absolute atomic E-state index is 13.7. The molecule has 0 saturated carbocycles. The summed E-state index contributed by atoms with van der Waals surface area (Å²) < 4.78 is 65.1. The quantitative estimate of drug-likeness (QED) is 0.629. The molecule has 0 radical (unpaired) electrons. The Labute approximate surface area is 178 Å². The van der Waals surface area contributed by atoms with Gasteiger partial charge in [0.2, 0.25) is 0 Å². The summed E-state index contributed by atoms with van der Waals surface area (Å²) in [5.41, 5.74) is -0.150. The number of anilines is 3.